The lowest BCUT2D eigenvalue weighted by Crippen LogP contribution is -2.43. The second-order valence-electron chi connectivity index (χ2n) is 5.48. The molecule has 2 atom stereocenters. The number of nitrogens with zero attached hydrogens (tertiary/aromatic N) is 1. The molecule has 1 N–H and O–H groups in total. The summed E-state index contributed by atoms with van der Waals surface area (Å²) < 4.78 is 13.8. The average molecular weight is 292 g/mol. The number of halogens is 1. The lowest BCUT2D eigenvalue weighted by molar-refractivity contribution is -0.129. The fourth-order valence-electron chi connectivity index (χ4n) is 2.60. The number of carbonyl (C=O) groups is 2. The van der Waals surface area contributed by atoms with Gasteiger partial charge in [-0.25, -0.2) is 4.39 Å². The van der Waals surface area contributed by atoms with Crippen molar-refractivity contribution in [1.82, 2.24) is 5.32 Å². The lowest BCUT2D eigenvalue weighted by Gasteiger charge is -2.19. The van der Waals surface area contributed by atoms with Crippen molar-refractivity contribution in [2.24, 2.45) is 5.92 Å². The molecule has 0 aromatic heterocycles. The van der Waals surface area contributed by atoms with Gasteiger partial charge < -0.3 is 10.2 Å². The van der Waals surface area contributed by atoms with Gasteiger partial charge in [0.15, 0.2) is 0 Å². The van der Waals surface area contributed by atoms with Crippen LogP contribution in [-0.4, -0.2) is 24.4 Å². The fourth-order valence-corrected chi connectivity index (χ4v) is 2.60. The highest BCUT2D eigenvalue weighted by Gasteiger charge is 2.35. The standard InChI is InChI=1S/C16H21FN2O2/c1-3-6-11(2)15(20)18-13-9-10-19(16(13)21)14-8-5-4-7-12(14)17/h4-5,7-8,11,13H,3,6,9-10H2,1-2H3,(H,18,20). The number of hydrogen-bond donors (Lipinski definition) is 1. The van der Waals surface area contributed by atoms with Crippen molar-refractivity contribution in [3.05, 3.63) is 30.1 Å². The normalized spacial score (nSPS) is 19.7. The van der Waals surface area contributed by atoms with Gasteiger partial charge in [-0.15, -0.1) is 0 Å². The molecule has 114 valence electrons. The van der Waals surface area contributed by atoms with Crippen LogP contribution in [0.15, 0.2) is 24.3 Å². The van der Waals surface area contributed by atoms with Crippen LogP contribution in [0.5, 0.6) is 0 Å². The molecule has 0 bridgehead atoms. The molecule has 0 saturated carbocycles. The second kappa shape index (κ2) is 6.70. The molecule has 5 heteroatoms. The molecule has 0 aliphatic carbocycles. The molecule has 1 aliphatic rings. The molecule has 2 amide bonds. The summed E-state index contributed by atoms with van der Waals surface area (Å²) in [7, 11) is 0. The number of hydrogen-bond acceptors (Lipinski definition) is 2. The Morgan fingerprint density at radius 3 is 2.86 bits per heavy atom. The molecule has 1 fully saturated rings. The highest BCUT2D eigenvalue weighted by atomic mass is 19.1. The van der Waals surface area contributed by atoms with E-state index in [4.69, 9.17) is 0 Å². The molecule has 1 aromatic carbocycles. The third kappa shape index (κ3) is 3.40. The topological polar surface area (TPSA) is 49.4 Å². The largest absolute Gasteiger partial charge is 0.344 e. The summed E-state index contributed by atoms with van der Waals surface area (Å²) in [4.78, 5) is 25.7. The molecular formula is C16H21FN2O2. The van der Waals surface area contributed by atoms with Crippen LogP contribution in [-0.2, 0) is 9.59 Å². The first kappa shape index (κ1) is 15.5. The molecule has 1 aliphatic heterocycles. The highest BCUT2D eigenvalue weighted by Crippen LogP contribution is 2.24. The summed E-state index contributed by atoms with van der Waals surface area (Å²) in [5.41, 5.74) is 0.279. The van der Waals surface area contributed by atoms with Gasteiger partial charge in [0, 0.05) is 12.5 Å². The molecule has 0 spiro atoms. The second-order valence-corrected chi connectivity index (χ2v) is 5.48. The molecular weight excluding hydrogens is 271 g/mol. The maximum Gasteiger partial charge on any atom is 0.249 e. The van der Waals surface area contributed by atoms with Crippen LogP contribution >= 0.6 is 0 Å². The maximum absolute atomic E-state index is 13.8. The third-order valence-corrected chi connectivity index (χ3v) is 3.83. The van der Waals surface area contributed by atoms with Crippen molar-refractivity contribution in [3.63, 3.8) is 0 Å². The Morgan fingerprint density at radius 2 is 2.19 bits per heavy atom. The van der Waals surface area contributed by atoms with E-state index in [9.17, 15) is 14.0 Å². The van der Waals surface area contributed by atoms with E-state index in [1.165, 1.54) is 11.0 Å². The molecule has 21 heavy (non-hydrogen) atoms. The fraction of sp³-hybridized carbons (Fsp3) is 0.500. The summed E-state index contributed by atoms with van der Waals surface area (Å²) >= 11 is 0. The van der Waals surface area contributed by atoms with Gasteiger partial charge in [0.25, 0.3) is 0 Å². The zero-order valence-electron chi connectivity index (χ0n) is 12.4. The first-order chi connectivity index (χ1) is 10.0. The van der Waals surface area contributed by atoms with Gasteiger partial charge in [-0.05, 0) is 25.0 Å². The van der Waals surface area contributed by atoms with Gasteiger partial charge in [-0.2, -0.15) is 0 Å². The minimum absolute atomic E-state index is 0.106. The van der Waals surface area contributed by atoms with Crippen molar-refractivity contribution in [3.8, 4) is 0 Å². The zero-order valence-corrected chi connectivity index (χ0v) is 12.4. The Kier molecular flexibility index (Phi) is 4.94. The molecule has 4 nitrogen and oxygen atoms in total. The van der Waals surface area contributed by atoms with E-state index in [-0.39, 0.29) is 23.4 Å². The van der Waals surface area contributed by atoms with Gasteiger partial charge in [0.2, 0.25) is 11.8 Å². The Hall–Kier alpha value is -1.91. The summed E-state index contributed by atoms with van der Waals surface area (Å²) in [5, 5.41) is 2.78. The van der Waals surface area contributed by atoms with Gasteiger partial charge in [-0.1, -0.05) is 32.4 Å². The van der Waals surface area contributed by atoms with Crippen molar-refractivity contribution in [2.75, 3.05) is 11.4 Å². The van der Waals surface area contributed by atoms with Crippen LogP contribution in [0.2, 0.25) is 0 Å². The Morgan fingerprint density at radius 1 is 1.48 bits per heavy atom. The van der Waals surface area contributed by atoms with Crippen LogP contribution in [0.3, 0.4) is 0 Å². The van der Waals surface area contributed by atoms with Crippen LogP contribution in [0.1, 0.15) is 33.1 Å². The Labute approximate surface area is 124 Å². The van der Waals surface area contributed by atoms with E-state index >= 15 is 0 Å². The summed E-state index contributed by atoms with van der Waals surface area (Å²) in [6.45, 7) is 4.30. The first-order valence-corrected chi connectivity index (χ1v) is 7.41. The first-order valence-electron chi connectivity index (χ1n) is 7.41. The Bertz CT molecular complexity index is 533. The number of benzene rings is 1. The summed E-state index contributed by atoms with van der Waals surface area (Å²) in [6, 6.07) is 5.65. The summed E-state index contributed by atoms with van der Waals surface area (Å²) in [5.74, 6) is -0.870. The van der Waals surface area contributed by atoms with Gasteiger partial charge in [-0.3, -0.25) is 9.59 Å². The highest BCUT2D eigenvalue weighted by molar-refractivity contribution is 6.01. The molecule has 2 unspecified atom stereocenters. The van der Waals surface area contributed by atoms with Crippen LogP contribution in [0, 0.1) is 11.7 Å². The van der Waals surface area contributed by atoms with Crippen molar-refractivity contribution in [1.29, 1.82) is 0 Å². The van der Waals surface area contributed by atoms with Crippen molar-refractivity contribution < 1.29 is 14.0 Å². The Balaban J connectivity index is 2.02. The van der Waals surface area contributed by atoms with E-state index in [0.717, 1.165) is 12.8 Å². The zero-order chi connectivity index (χ0) is 15.4. The quantitative estimate of drug-likeness (QED) is 0.906. The number of rotatable bonds is 5. The number of nitrogens with one attached hydrogen (secondary N) is 1. The average Bonchev–Trinajstić information content (AvgIpc) is 2.81. The van der Waals surface area contributed by atoms with Crippen molar-refractivity contribution in [2.45, 2.75) is 39.2 Å². The van der Waals surface area contributed by atoms with E-state index in [1.54, 1.807) is 18.2 Å². The van der Waals surface area contributed by atoms with Gasteiger partial charge in [0.1, 0.15) is 11.9 Å². The van der Waals surface area contributed by atoms with E-state index in [2.05, 4.69) is 5.32 Å². The van der Waals surface area contributed by atoms with Crippen LogP contribution in [0.4, 0.5) is 10.1 Å². The van der Waals surface area contributed by atoms with E-state index < -0.39 is 11.9 Å². The smallest absolute Gasteiger partial charge is 0.249 e. The van der Waals surface area contributed by atoms with Crippen LogP contribution in [0.25, 0.3) is 0 Å². The van der Waals surface area contributed by atoms with E-state index in [0.29, 0.717) is 13.0 Å². The number of anilines is 1. The number of amides is 2. The monoisotopic (exact) mass is 292 g/mol. The molecule has 1 heterocycles. The maximum atomic E-state index is 13.8. The predicted molar refractivity (Wildman–Crippen MR) is 79.4 cm³/mol. The number of para-hydroxylation sites is 1. The summed E-state index contributed by atoms with van der Waals surface area (Å²) in [6.07, 6.45) is 2.23. The van der Waals surface area contributed by atoms with Crippen LogP contribution < -0.4 is 10.2 Å². The van der Waals surface area contributed by atoms with Crippen molar-refractivity contribution >= 4 is 17.5 Å². The predicted octanol–water partition coefficient (Wildman–Crippen LogP) is 2.48. The molecule has 1 aromatic rings. The molecule has 2 rings (SSSR count). The third-order valence-electron chi connectivity index (χ3n) is 3.83. The minimum Gasteiger partial charge on any atom is -0.344 e. The minimum atomic E-state index is -0.545. The molecule has 1 saturated heterocycles. The lowest BCUT2D eigenvalue weighted by atomic mass is 10.0. The van der Waals surface area contributed by atoms with E-state index in [1.807, 2.05) is 13.8 Å². The molecule has 0 radical (unpaired) electrons. The van der Waals surface area contributed by atoms with Gasteiger partial charge >= 0.3 is 0 Å². The van der Waals surface area contributed by atoms with Gasteiger partial charge in [0.05, 0.1) is 5.69 Å². The SMILES string of the molecule is CCCC(C)C(=O)NC1CCN(c2ccccc2F)C1=O. The number of carbonyl (C=O) groups excluding carboxylic acids is 2.